The van der Waals surface area contributed by atoms with Crippen LogP contribution in [0.3, 0.4) is 0 Å². The molecule has 0 aromatic heterocycles. The van der Waals surface area contributed by atoms with E-state index in [4.69, 9.17) is 11.2 Å². The molecule has 0 aliphatic carbocycles. The minimum absolute atomic E-state index is 0.117. The normalized spacial score (nSPS) is 19.3. The summed E-state index contributed by atoms with van der Waals surface area (Å²) in [5, 5.41) is 8.22. The van der Waals surface area contributed by atoms with Gasteiger partial charge in [-0.3, -0.25) is 4.79 Å². The van der Waals surface area contributed by atoms with Crippen LogP contribution >= 0.6 is 0 Å². The molecule has 1 aromatic carbocycles. The fourth-order valence-electron chi connectivity index (χ4n) is 3.47. The number of hydrogen-bond acceptors (Lipinski definition) is 5. The summed E-state index contributed by atoms with van der Waals surface area (Å²) in [4.78, 5) is 17.0. The van der Waals surface area contributed by atoms with Gasteiger partial charge in [0.05, 0.1) is 12.2 Å². The SMILES string of the molecule is C#CCCC1(CCC(=O)N2CCN3CCOc4cccc2c43)N=N1. The highest BCUT2D eigenvalue weighted by molar-refractivity contribution is 5.99. The van der Waals surface area contributed by atoms with E-state index in [2.05, 4.69) is 21.0 Å². The van der Waals surface area contributed by atoms with E-state index in [0.717, 1.165) is 36.6 Å². The van der Waals surface area contributed by atoms with E-state index in [-0.39, 0.29) is 5.91 Å². The zero-order valence-corrected chi connectivity index (χ0v) is 13.6. The number of ether oxygens (including phenoxy) is 1. The molecule has 1 aromatic rings. The summed E-state index contributed by atoms with van der Waals surface area (Å²) in [5.41, 5.74) is 1.60. The molecule has 3 aliphatic rings. The van der Waals surface area contributed by atoms with Crippen LogP contribution in [0.1, 0.15) is 25.7 Å². The number of para-hydroxylation sites is 1. The Morgan fingerprint density at radius 2 is 2.17 bits per heavy atom. The first-order valence-electron chi connectivity index (χ1n) is 8.41. The molecule has 0 bridgehead atoms. The first kappa shape index (κ1) is 15.0. The second-order valence-corrected chi connectivity index (χ2v) is 6.39. The van der Waals surface area contributed by atoms with Crippen LogP contribution in [-0.4, -0.2) is 37.8 Å². The smallest absolute Gasteiger partial charge is 0.227 e. The van der Waals surface area contributed by atoms with Crippen LogP contribution in [0.2, 0.25) is 0 Å². The highest BCUT2D eigenvalue weighted by atomic mass is 16.5. The summed E-state index contributed by atoms with van der Waals surface area (Å²) < 4.78 is 5.74. The fourth-order valence-corrected chi connectivity index (χ4v) is 3.47. The number of carbonyl (C=O) groups excluding carboxylic acids is 1. The molecule has 0 spiro atoms. The largest absolute Gasteiger partial charge is 0.489 e. The van der Waals surface area contributed by atoms with Crippen LogP contribution in [0.5, 0.6) is 5.75 Å². The van der Waals surface area contributed by atoms with Gasteiger partial charge in [-0.05, 0) is 12.1 Å². The lowest BCUT2D eigenvalue weighted by Gasteiger charge is -2.41. The van der Waals surface area contributed by atoms with Gasteiger partial charge in [0.15, 0.2) is 5.66 Å². The van der Waals surface area contributed by atoms with E-state index >= 15 is 0 Å². The molecule has 3 heterocycles. The summed E-state index contributed by atoms with van der Waals surface area (Å²) in [5.74, 6) is 3.60. The summed E-state index contributed by atoms with van der Waals surface area (Å²) in [6.45, 7) is 3.13. The molecule has 0 unspecified atom stereocenters. The molecule has 0 radical (unpaired) electrons. The standard InChI is InChI=1S/C18H20N4O2/c1-2-3-8-18(19-20-18)9-7-16(23)22-11-10-21-12-13-24-15-6-4-5-14(22)17(15)21/h1,4-6H,3,7-13H2. The first-order valence-corrected chi connectivity index (χ1v) is 8.41. The molecule has 0 saturated carbocycles. The van der Waals surface area contributed by atoms with E-state index in [1.807, 2.05) is 23.1 Å². The average molecular weight is 324 g/mol. The highest BCUT2D eigenvalue weighted by Gasteiger charge is 2.40. The Hall–Kier alpha value is -2.55. The van der Waals surface area contributed by atoms with E-state index in [9.17, 15) is 4.79 Å². The van der Waals surface area contributed by atoms with Gasteiger partial charge >= 0.3 is 0 Å². The number of hydrogen-bond donors (Lipinski definition) is 0. The summed E-state index contributed by atoms with van der Waals surface area (Å²) >= 11 is 0. The van der Waals surface area contributed by atoms with Crippen molar-refractivity contribution in [1.29, 1.82) is 0 Å². The zero-order chi connectivity index (χ0) is 16.6. The lowest BCUT2D eigenvalue weighted by Crippen LogP contribution is -2.47. The molecular formula is C18H20N4O2. The topological polar surface area (TPSA) is 57.5 Å². The van der Waals surface area contributed by atoms with Crippen molar-refractivity contribution in [2.24, 2.45) is 10.2 Å². The first-order chi connectivity index (χ1) is 11.7. The minimum atomic E-state index is -0.400. The van der Waals surface area contributed by atoms with E-state index in [1.54, 1.807) is 0 Å². The lowest BCUT2D eigenvalue weighted by molar-refractivity contribution is -0.118. The van der Waals surface area contributed by atoms with Crippen molar-refractivity contribution in [3.8, 4) is 18.1 Å². The molecule has 0 fully saturated rings. The summed E-state index contributed by atoms with van der Waals surface area (Å²) in [6.07, 6.45) is 7.76. The van der Waals surface area contributed by atoms with Crippen molar-refractivity contribution >= 4 is 17.3 Å². The number of terminal acetylenes is 1. The van der Waals surface area contributed by atoms with Crippen molar-refractivity contribution in [3.63, 3.8) is 0 Å². The highest BCUT2D eigenvalue weighted by Crippen LogP contribution is 2.43. The van der Waals surface area contributed by atoms with Crippen molar-refractivity contribution in [2.75, 3.05) is 36.0 Å². The van der Waals surface area contributed by atoms with E-state index in [0.29, 0.717) is 32.4 Å². The van der Waals surface area contributed by atoms with Crippen molar-refractivity contribution in [2.45, 2.75) is 31.3 Å². The van der Waals surface area contributed by atoms with Crippen LogP contribution in [0.15, 0.2) is 28.4 Å². The zero-order valence-electron chi connectivity index (χ0n) is 13.6. The summed E-state index contributed by atoms with van der Waals surface area (Å²) in [7, 11) is 0. The molecule has 6 heteroatoms. The molecule has 6 nitrogen and oxygen atoms in total. The van der Waals surface area contributed by atoms with Gasteiger partial charge in [-0.15, -0.1) is 12.3 Å². The van der Waals surface area contributed by atoms with Gasteiger partial charge in [-0.2, -0.15) is 10.2 Å². The second kappa shape index (κ2) is 5.82. The number of benzene rings is 1. The lowest BCUT2D eigenvalue weighted by atomic mass is 10.0. The Morgan fingerprint density at radius 3 is 2.96 bits per heavy atom. The van der Waals surface area contributed by atoms with Gasteiger partial charge in [0, 0.05) is 38.8 Å². The van der Waals surface area contributed by atoms with Gasteiger partial charge in [0.25, 0.3) is 0 Å². The molecule has 0 N–H and O–H groups in total. The van der Waals surface area contributed by atoms with Crippen LogP contribution < -0.4 is 14.5 Å². The third-order valence-electron chi connectivity index (χ3n) is 4.89. The van der Waals surface area contributed by atoms with Gasteiger partial charge in [0.1, 0.15) is 18.0 Å². The molecule has 0 saturated heterocycles. The van der Waals surface area contributed by atoms with Gasteiger partial charge < -0.3 is 14.5 Å². The van der Waals surface area contributed by atoms with Crippen molar-refractivity contribution in [1.82, 2.24) is 0 Å². The minimum Gasteiger partial charge on any atom is -0.489 e. The fraction of sp³-hybridized carbons (Fsp3) is 0.500. The second-order valence-electron chi connectivity index (χ2n) is 6.39. The Bertz CT molecular complexity index is 731. The maximum absolute atomic E-state index is 12.8. The van der Waals surface area contributed by atoms with Gasteiger partial charge in [-0.25, -0.2) is 0 Å². The van der Waals surface area contributed by atoms with Crippen LogP contribution in [0.4, 0.5) is 11.4 Å². The maximum Gasteiger partial charge on any atom is 0.227 e. The number of anilines is 2. The van der Waals surface area contributed by atoms with Crippen molar-refractivity contribution < 1.29 is 9.53 Å². The predicted octanol–water partition coefficient (Wildman–Crippen LogP) is 2.59. The molecule has 4 rings (SSSR count). The number of carbonyl (C=O) groups is 1. The number of rotatable bonds is 5. The van der Waals surface area contributed by atoms with E-state index in [1.165, 1.54) is 0 Å². The van der Waals surface area contributed by atoms with Gasteiger partial charge in [-0.1, -0.05) is 6.07 Å². The monoisotopic (exact) mass is 324 g/mol. The molecule has 124 valence electrons. The average Bonchev–Trinajstić information content (AvgIpc) is 3.39. The Morgan fingerprint density at radius 1 is 1.29 bits per heavy atom. The Labute approximate surface area is 141 Å². The van der Waals surface area contributed by atoms with Crippen LogP contribution in [0, 0.1) is 12.3 Å². The molecule has 3 aliphatic heterocycles. The third-order valence-corrected chi connectivity index (χ3v) is 4.89. The molecule has 1 amide bonds. The summed E-state index contributed by atoms with van der Waals surface area (Å²) in [6, 6.07) is 5.91. The Kier molecular flexibility index (Phi) is 3.64. The Balaban J connectivity index is 1.47. The maximum atomic E-state index is 12.8. The van der Waals surface area contributed by atoms with E-state index < -0.39 is 5.66 Å². The quantitative estimate of drug-likeness (QED) is 0.782. The van der Waals surface area contributed by atoms with Crippen LogP contribution in [0.25, 0.3) is 0 Å². The van der Waals surface area contributed by atoms with Gasteiger partial charge in [0.2, 0.25) is 5.91 Å². The number of nitrogens with zero attached hydrogens (tertiary/aromatic N) is 4. The number of amides is 1. The molecule has 24 heavy (non-hydrogen) atoms. The molecular weight excluding hydrogens is 304 g/mol. The van der Waals surface area contributed by atoms with Crippen molar-refractivity contribution in [3.05, 3.63) is 18.2 Å². The predicted molar refractivity (Wildman–Crippen MR) is 91.4 cm³/mol. The molecule has 0 atom stereocenters. The third kappa shape index (κ3) is 2.60. The van der Waals surface area contributed by atoms with Crippen LogP contribution in [-0.2, 0) is 4.79 Å².